The van der Waals surface area contributed by atoms with Gasteiger partial charge < -0.3 is 5.32 Å². The number of amides is 1. The van der Waals surface area contributed by atoms with Gasteiger partial charge in [0.25, 0.3) is 0 Å². The Balaban J connectivity index is 1.66. The zero-order valence-corrected chi connectivity index (χ0v) is 15.7. The first-order valence-corrected chi connectivity index (χ1v) is 10.4. The van der Waals surface area contributed by atoms with E-state index in [4.69, 9.17) is 0 Å². The standard InChI is InChI=1S/C19H19N3OS2/c1-24-16-7-4-6-15(10-16)21-18(23)12-25-19-14(11-20)9-13-5-2-3-8-17(13)22-19/h4,6-7,9-10H,2-3,5,8,12H2,1H3,(H,21,23). The van der Waals surface area contributed by atoms with Crippen molar-refractivity contribution < 1.29 is 4.79 Å². The number of aryl methyl sites for hydroxylation is 2. The summed E-state index contributed by atoms with van der Waals surface area (Å²) in [6.45, 7) is 0. The number of nitriles is 1. The van der Waals surface area contributed by atoms with E-state index in [1.165, 1.54) is 17.3 Å². The summed E-state index contributed by atoms with van der Waals surface area (Å²) in [5, 5.41) is 12.9. The van der Waals surface area contributed by atoms with E-state index in [2.05, 4.69) is 16.4 Å². The summed E-state index contributed by atoms with van der Waals surface area (Å²) >= 11 is 2.97. The fourth-order valence-electron chi connectivity index (χ4n) is 2.84. The number of carbonyl (C=O) groups excluding carboxylic acids is 1. The lowest BCUT2D eigenvalue weighted by Gasteiger charge is -2.16. The van der Waals surface area contributed by atoms with E-state index in [-0.39, 0.29) is 11.7 Å². The molecule has 2 aromatic rings. The summed E-state index contributed by atoms with van der Waals surface area (Å²) in [5.74, 6) is 0.149. The molecule has 25 heavy (non-hydrogen) atoms. The lowest BCUT2D eigenvalue weighted by Crippen LogP contribution is -2.14. The fourth-order valence-corrected chi connectivity index (χ4v) is 4.07. The molecule has 0 spiro atoms. The average molecular weight is 370 g/mol. The molecule has 128 valence electrons. The van der Waals surface area contributed by atoms with Crippen molar-refractivity contribution in [2.75, 3.05) is 17.3 Å². The highest BCUT2D eigenvalue weighted by atomic mass is 32.2. The normalized spacial score (nSPS) is 13.0. The first-order valence-electron chi connectivity index (χ1n) is 8.19. The first-order chi connectivity index (χ1) is 12.2. The number of benzene rings is 1. The summed E-state index contributed by atoms with van der Waals surface area (Å²) < 4.78 is 0. The second-order valence-corrected chi connectivity index (χ2v) is 7.68. The lowest BCUT2D eigenvalue weighted by molar-refractivity contribution is -0.113. The molecule has 1 aliphatic rings. The Morgan fingerprint density at radius 2 is 2.16 bits per heavy atom. The number of hydrogen-bond donors (Lipinski definition) is 1. The van der Waals surface area contributed by atoms with Crippen molar-refractivity contribution in [1.29, 1.82) is 5.26 Å². The quantitative estimate of drug-likeness (QED) is 0.797. The van der Waals surface area contributed by atoms with Crippen LogP contribution in [-0.4, -0.2) is 22.9 Å². The number of fused-ring (bicyclic) bond motifs is 1. The third kappa shape index (κ3) is 4.56. The minimum absolute atomic E-state index is 0.0911. The van der Waals surface area contributed by atoms with Crippen LogP contribution in [-0.2, 0) is 17.6 Å². The van der Waals surface area contributed by atoms with Gasteiger partial charge in [-0.1, -0.05) is 17.8 Å². The number of hydrogen-bond acceptors (Lipinski definition) is 5. The molecule has 1 heterocycles. The number of aromatic nitrogens is 1. The number of pyridine rings is 1. The molecule has 0 unspecified atom stereocenters. The minimum atomic E-state index is -0.0911. The number of rotatable bonds is 5. The van der Waals surface area contributed by atoms with E-state index >= 15 is 0 Å². The van der Waals surface area contributed by atoms with E-state index in [1.54, 1.807) is 11.8 Å². The van der Waals surface area contributed by atoms with Gasteiger partial charge in [-0.15, -0.1) is 11.8 Å². The van der Waals surface area contributed by atoms with E-state index in [0.29, 0.717) is 10.6 Å². The SMILES string of the molecule is CSc1cccc(NC(=O)CSc2nc3c(cc2C#N)CCCC3)c1. The van der Waals surface area contributed by atoms with Gasteiger partial charge in [-0.25, -0.2) is 4.98 Å². The maximum absolute atomic E-state index is 12.2. The predicted molar refractivity (Wildman–Crippen MR) is 103 cm³/mol. The van der Waals surface area contributed by atoms with Gasteiger partial charge in [0.1, 0.15) is 11.1 Å². The fraction of sp³-hybridized carbons (Fsp3) is 0.316. The topological polar surface area (TPSA) is 65.8 Å². The Labute approximate surface area is 156 Å². The molecule has 0 aliphatic heterocycles. The van der Waals surface area contributed by atoms with Gasteiger partial charge in [0.15, 0.2) is 0 Å². The molecule has 1 amide bonds. The van der Waals surface area contributed by atoms with Crippen molar-refractivity contribution in [3.05, 3.63) is 47.2 Å². The Hall–Kier alpha value is -1.97. The number of carbonyl (C=O) groups is 1. The van der Waals surface area contributed by atoms with E-state index in [9.17, 15) is 10.1 Å². The highest BCUT2D eigenvalue weighted by molar-refractivity contribution is 8.00. The molecule has 1 aromatic carbocycles. The van der Waals surface area contributed by atoms with Gasteiger partial charge in [0.2, 0.25) is 5.91 Å². The van der Waals surface area contributed by atoms with Gasteiger partial charge in [-0.05, 0) is 61.8 Å². The molecule has 0 saturated carbocycles. The van der Waals surface area contributed by atoms with Gasteiger partial charge >= 0.3 is 0 Å². The second kappa shape index (κ2) is 8.41. The van der Waals surface area contributed by atoms with Crippen LogP contribution in [0.25, 0.3) is 0 Å². The number of nitrogens with zero attached hydrogens (tertiary/aromatic N) is 2. The number of anilines is 1. The van der Waals surface area contributed by atoms with Crippen molar-refractivity contribution in [2.45, 2.75) is 35.6 Å². The molecule has 1 N–H and O–H groups in total. The highest BCUT2D eigenvalue weighted by Gasteiger charge is 2.16. The van der Waals surface area contributed by atoms with Crippen LogP contribution in [0.15, 0.2) is 40.3 Å². The second-order valence-electron chi connectivity index (χ2n) is 5.83. The molecule has 1 aromatic heterocycles. The van der Waals surface area contributed by atoms with Crippen LogP contribution in [0.4, 0.5) is 5.69 Å². The molecular weight excluding hydrogens is 350 g/mol. The van der Waals surface area contributed by atoms with Crippen molar-refractivity contribution >= 4 is 35.1 Å². The van der Waals surface area contributed by atoms with Gasteiger partial charge in [0, 0.05) is 16.3 Å². The molecule has 6 heteroatoms. The first kappa shape index (κ1) is 17.8. The summed E-state index contributed by atoms with van der Waals surface area (Å²) in [6, 6.07) is 11.9. The van der Waals surface area contributed by atoms with Crippen LogP contribution in [0.3, 0.4) is 0 Å². The van der Waals surface area contributed by atoms with Crippen molar-refractivity contribution in [2.24, 2.45) is 0 Å². The minimum Gasteiger partial charge on any atom is -0.325 e. The molecule has 0 atom stereocenters. The van der Waals surface area contributed by atoms with Crippen LogP contribution in [0, 0.1) is 11.3 Å². The summed E-state index contributed by atoms with van der Waals surface area (Å²) in [5.41, 5.74) is 3.63. The third-order valence-corrected chi connectivity index (χ3v) is 5.80. The third-order valence-electron chi connectivity index (χ3n) is 4.08. The molecule has 0 radical (unpaired) electrons. The number of thioether (sulfide) groups is 2. The van der Waals surface area contributed by atoms with Crippen LogP contribution < -0.4 is 5.32 Å². The highest BCUT2D eigenvalue weighted by Crippen LogP contribution is 2.27. The zero-order chi connectivity index (χ0) is 17.6. The van der Waals surface area contributed by atoms with Crippen LogP contribution in [0.2, 0.25) is 0 Å². The molecular formula is C19H19N3OS2. The molecule has 4 nitrogen and oxygen atoms in total. The molecule has 1 aliphatic carbocycles. The molecule has 3 rings (SSSR count). The van der Waals surface area contributed by atoms with Gasteiger partial charge in [-0.2, -0.15) is 5.26 Å². The largest absolute Gasteiger partial charge is 0.325 e. The average Bonchev–Trinajstić information content (AvgIpc) is 2.65. The van der Waals surface area contributed by atoms with Crippen LogP contribution in [0.5, 0.6) is 0 Å². The maximum atomic E-state index is 12.2. The van der Waals surface area contributed by atoms with Crippen LogP contribution in [0.1, 0.15) is 29.7 Å². The monoisotopic (exact) mass is 369 g/mol. The summed E-state index contributed by atoms with van der Waals surface area (Å²) in [4.78, 5) is 18.0. The molecule has 0 bridgehead atoms. The predicted octanol–water partition coefficient (Wildman–Crippen LogP) is 4.28. The summed E-state index contributed by atoms with van der Waals surface area (Å²) in [6.07, 6.45) is 6.25. The number of nitrogens with one attached hydrogen (secondary N) is 1. The van der Waals surface area contributed by atoms with Crippen molar-refractivity contribution in [3.8, 4) is 6.07 Å². The van der Waals surface area contributed by atoms with E-state index in [1.807, 2.05) is 36.6 Å². The van der Waals surface area contributed by atoms with Crippen LogP contribution >= 0.6 is 23.5 Å². The maximum Gasteiger partial charge on any atom is 0.234 e. The lowest BCUT2D eigenvalue weighted by atomic mass is 9.95. The summed E-state index contributed by atoms with van der Waals surface area (Å²) in [7, 11) is 0. The van der Waals surface area contributed by atoms with Crippen molar-refractivity contribution in [1.82, 2.24) is 4.98 Å². The van der Waals surface area contributed by atoms with Gasteiger partial charge in [0.05, 0.1) is 11.3 Å². The Kier molecular flexibility index (Phi) is 6.00. The van der Waals surface area contributed by atoms with Gasteiger partial charge in [-0.3, -0.25) is 4.79 Å². The van der Waals surface area contributed by atoms with E-state index in [0.717, 1.165) is 42.0 Å². The van der Waals surface area contributed by atoms with Crippen molar-refractivity contribution in [3.63, 3.8) is 0 Å². The Morgan fingerprint density at radius 3 is 2.96 bits per heavy atom. The Morgan fingerprint density at radius 1 is 1.32 bits per heavy atom. The smallest absolute Gasteiger partial charge is 0.234 e. The molecule has 0 fully saturated rings. The van der Waals surface area contributed by atoms with E-state index < -0.39 is 0 Å². The Bertz CT molecular complexity index is 830. The molecule has 0 saturated heterocycles. The zero-order valence-electron chi connectivity index (χ0n) is 14.0.